The molecule has 1 heterocycles. The van der Waals surface area contributed by atoms with Crippen LogP contribution in [-0.4, -0.2) is 49.0 Å². The van der Waals surface area contributed by atoms with E-state index in [1.54, 1.807) is 24.1 Å². The smallest absolute Gasteiger partial charge is 0.254 e. The fraction of sp³-hybridized carbons (Fsp3) is 0.185. The van der Waals surface area contributed by atoms with E-state index in [0.717, 1.165) is 22.5 Å². The zero-order chi connectivity index (χ0) is 24.1. The number of carbonyl (C=O) groups excluding carboxylic acids is 1. The van der Waals surface area contributed by atoms with Crippen molar-refractivity contribution in [2.24, 2.45) is 0 Å². The van der Waals surface area contributed by atoms with Crippen molar-refractivity contribution < 1.29 is 19.0 Å². The largest absolute Gasteiger partial charge is 0.493 e. The van der Waals surface area contributed by atoms with Crippen LogP contribution in [0.4, 0.5) is 0 Å². The first kappa shape index (κ1) is 22.9. The lowest BCUT2D eigenvalue weighted by molar-refractivity contribution is 0.0784. The summed E-state index contributed by atoms with van der Waals surface area (Å²) < 4.78 is 18.0. The molecule has 0 saturated carbocycles. The van der Waals surface area contributed by atoms with Crippen molar-refractivity contribution in [1.82, 2.24) is 14.7 Å². The van der Waals surface area contributed by atoms with Crippen LogP contribution in [0.15, 0.2) is 79.0 Å². The van der Waals surface area contributed by atoms with Gasteiger partial charge in [0.1, 0.15) is 0 Å². The van der Waals surface area contributed by atoms with Crippen LogP contribution < -0.4 is 14.2 Å². The summed E-state index contributed by atoms with van der Waals surface area (Å²) in [6.45, 7) is 0.368. The van der Waals surface area contributed by atoms with Gasteiger partial charge in [0.2, 0.25) is 5.75 Å². The van der Waals surface area contributed by atoms with Crippen LogP contribution >= 0.6 is 0 Å². The minimum atomic E-state index is -0.175. The molecule has 0 radical (unpaired) electrons. The Balaban J connectivity index is 1.68. The van der Waals surface area contributed by atoms with Gasteiger partial charge in [0.15, 0.2) is 11.5 Å². The van der Waals surface area contributed by atoms with E-state index in [-0.39, 0.29) is 5.91 Å². The Hall–Kier alpha value is -4.26. The summed E-state index contributed by atoms with van der Waals surface area (Å²) in [6.07, 6.45) is 1.97. The third kappa shape index (κ3) is 4.59. The number of methoxy groups -OCH3 is 3. The highest BCUT2D eigenvalue weighted by Crippen LogP contribution is 2.38. The molecule has 34 heavy (non-hydrogen) atoms. The molecule has 174 valence electrons. The molecule has 7 nitrogen and oxygen atoms in total. The fourth-order valence-corrected chi connectivity index (χ4v) is 3.83. The molecule has 0 fully saturated rings. The number of benzene rings is 3. The summed E-state index contributed by atoms with van der Waals surface area (Å²) in [4.78, 5) is 15.0. The molecule has 0 aliphatic heterocycles. The number of hydrogen-bond acceptors (Lipinski definition) is 5. The van der Waals surface area contributed by atoms with Gasteiger partial charge in [-0.1, -0.05) is 48.5 Å². The zero-order valence-electron chi connectivity index (χ0n) is 19.7. The molecule has 0 aliphatic rings. The molecular formula is C27H27N3O4. The van der Waals surface area contributed by atoms with Gasteiger partial charge in [0.25, 0.3) is 5.91 Å². The van der Waals surface area contributed by atoms with E-state index in [1.165, 1.54) is 21.3 Å². The zero-order valence-corrected chi connectivity index (χ0v) is 19.7. The van der Waals surface area contributed by atoms with Crippen molar-refractivity contribution in [3.63, 3.8) is 0 Å². The van der Waals surface area contributed by atoms with Gasteiger partial charge >= 0.3 is 0 Å². The van der Waals surface area contributed by atoms with Gasteiger partial charge in [-0.15, -0.1) is 0 Å². The predicted octanol–water partition coefficient (Wildman–Crippen LogP) is 4.84. The Morgan fingerprint density at radius 3 is 2.03 bits per heavy atom. The molecule has 3 aromatic carbocycles. The second kappa shape index (κ2) is 10.1. The van der Waals surface area contributed by atoms with Crippen LogP contribution in [0.3, 0.4) is 0 Å². The van der Waals surface area contributed by atoms with Crippen LogP contribution in [0.25, 0.3) is 16.9 Å². The summed E-state index contributed by atoms with van der Waals surface area (Å²) in [5.74, 6) is 1.13. The molecule has 0 aliphatic carbocycles. The van der Waals surface area contributed by atoms with E-state index in [4.69, 9.17) is 19.3 Å². The monoisotopic (exact) mass is 457 g/mol. The highest BCUT2D eigenvalue weighted by atomic mass is 16.5. The Morgan fingerprint density at radius 1 is 0.882 bits per heavy atom. The Kier molecular flexibility index (Phi) is 6.82. The summed E-state index contributed by atoms with van der Waals surface area (Å²) in [5, 5.41) is 4.84. The quantitative estimate of drug-likeness (QED) is 0.379. The lowest BCUT2D eigenvalue weighted by Gasteiger charge is -2.19. The van der Waals surface area contributed by atoms with Crippen molar-refractivity contribution in [3.05, 3.63) is 90.1 Å². The van der Waals surface area contributed by atoms with E-state index in [1.807, 2.05) is 71.5 Å². The summed E-state index contributed by atoms with van der Waals surface area (Å²) in [6, 6.07) is 23.2. The molecular weight excluding hydrogens is 430 g/mol. The summed E-state index contributed by atoms with van der Waals surface area (Å²) in [7, 11) is 6.35. The maximum Gasteiger partial charge on any atom is 0.254 e. The van der Waals surface area contributed by atoms with Crippen LogP contribution in [-0.2, 0) is 6.54 Å². The van der Waals surface area contributed by atoms with E-state index in [2.05, 4.69) is 0 Å². The maximum atomic E-state index is 13.4. The molecule has 0 saturated heterocycles. The SMILES string of the molecule is COc1cc(C(=O)N(C)Cc2cn(-c3ccccc3)nc2-c2ccccc2)cc(OC)c1OC. The molecule has 0 atom stereocenters. The van der Waals surface area contributed by atoms with Crippen molar-refractivity contribution in [2.75, 3.05) is 28.4 Å². The lowest BCUT2D eigenvalue weighted by Crippen LogP contribution is -2.26. The first-order valence-corrected chi connectivity index (χ1v) is 10.8. The third-order valence-corrected chi connectivity index (χ3v) is 5.52. The molecule has 4 rings (SSSR count). The number of hydrogen-bond donors (Lipinski definition) is 0. The summed E-state index contributed by atoms with van der Waals surface area (Å²) in [5.41, 5.74) is 4.13. The van der Waals surface area contributed by atoms with Crippen LogP contribution in [0.5, 0.6) is 17.2 Å². The van der Waals surface area contributed by atoms with Crippen LogP contribution in [0.1, 0.15) is 15.9 Å². The normalized spacial score (nSPS) is 10.6. The van der Waals surface area contributed by atoms with E-state index in [0.29, 0.717) is 29.4 Å². The fourth-order valence-electron chi connectivity index (χ4n) is 3.83. The van der Waals surface area contributed by atoms with Crippen molar-refractivity contribution >= 4 is 5.91 Å². The Bertz CT molecular complexity index is 1240. The van der Waals surface area contributed by atoms with Gasteiger partial charge in [-0.2, -0.15) is 5.10 Å². The van der Waals surface area contributed by atoms with Gasteiger partial charge in [-0.3, -0.25) is 4.79 Å². The van der Waals surface area contributed by atoms with Gasteiger partial charge in [-0.05, 0) is 24.3 Å². The van der Waals surface area contributed by atoms with Gasteiger partial charge in [-0.25, -0.2) is 4.68 Å². The van der Waals surface area contributed by atoms with Crippen molar-refractivity contribution in [2.45, 2.75) is 6.54 Å². The molecule has 1 amide bonds. The molecule has 7 heteroatoms. The number of rotatable bonds is 8. The number of ether oxygens (including phenoxy) is 3. The molecule has 1 aromatic heterocycles. The standard InChI is InChI=1S/C27H27N3O4/c1-29(27(31)20-15-23(32-2)26(34-4)24(16-20)33-3)17-21-18-30(22-13-9-6-10-14-22)28-25(21)19-11-7-5-8-12-19/h5-16,18H,17H2,1-4H3. The summed E-state index contributed by atoms with van der Waals surface area (Å²) >= 11 is 0. The van der Waals surface area contributed by atoms with Crippen molar-refractivity contribution in [3.8, 4) is 34.2 Å². The molecule has 0 spiro atoms. The molecule has 0 bridgehead atoms. The highest BCUT2D eigenvalue weighted by Gasteiger charge is 2.21. The van der Waals surface area contributed by atoms with Gasteiger partial charge < -0.3 is 19.1 Å². The Labute approximate surface area is 199 Å². The number of carbonyl (C=O) groups is 1. The average Bonchev–Trinajstić information content (AvgIpc) is 3.31. The highest BCUT2D eigenvalue weighted by molar-refractivity contribution is 5.95. The number of nitrogens with zero attached hydrogens (tertiary/aromatic N) is 3. The lowest BCUT2D eigenvalue weighted by atomic mass is 10.1. The van der Waals surface area contributed by atoms with E-state index < -0.39 is 0 Å². The second-order valence-electron chi connectivity index (χ2n) is 7.72. The molecule has 0 unspecified atom stereocenters. The first-order valence-electron chi connectivity index (χ1n) is 10.8. The topological polar surface area (TPSA) is 65.8 Å². The van der Waals surface area contributed by atoms with Gasteiger partial charge in [0.05, 0.1) is 32.7 Å². The van der Waals surface area contributed by atoms with Crippen LogP contribution in [0.2, 0.25) is 0 Å². The number of aromatic nitrogens is 2. The minimum absolute atomic E-state index is 0.175. The van der Waals surface area contributed by atoms with Crippen molar-refractivity contribution in [1.29, 1.82) is 0 Å². The maximum absolute atomic E-state index is 13.4. The van der Waals surface area contributed by atoms with E-state index >= 15 is 0 Å². The molecule has 0 N–H and O–H groups in total. The number of para-hydroxylation sites is 1. The third-order valence-electron chi connectivity index (χ3n) is 5.52. The Morgan fingerprint density at radius 2 is 1.47 bits per heavy atom. The van der Waals surface area contributed by atoms with Gasteiger partial charge in [0, 0.05) is 36.5 Å². The first-order chi connectivity index (χ1) is 16.5. The van der Waals surface area contributed by atoms with E-state index in [9.17, 15) is 4.79 Å². The predicted molar refractivity (Wildman–Crippen MR) is 131 cm³/mol. The second-order valence-corrected chi connectivity index (χ2v) is 7.72. The number of amides is 1. The minimum Gasteiger partial charge on any atom is -0.493 e. The molecule has 4 aromatic rings. The van der Waals surface area contributed by atoms with Crippen LogP contribution in [0, 0.1) is 0 Å². The average molecular weight is 458 g/mol.